The summed E-state index contributed by atoms with van der Waals surface area (Å²) in [7, 11) is 1.64. The van der Waals surface area contributed by atoms with Crippen molar-refractivity contribution in [1.82, 2.24) is 14.8 Å². The highest BCUT2D eigenvalue weighted by atomic mass is 32.2. The molecule has 0 aliphatic rings. The SMILES string of the molecule is CCn1c(SC(C(=O)Nc2ccccc2)c2ccccc2)nnc1-c1ccccc1OC. The third kappa shape index (κ3) is 4.68. The van der Waals surface area contributed by atoms with E-state index in [1.807, 2.05) is 96.4 Å². The van der Waals surface area contributed by atoms with Gasteiger partial charge < -0.3 is 14.6 Å². The molecule has 0 fully saturated rings. The number of thioether (sulfide) groups is 1. The number of ether oxygens (including phenoxy) is 1. The van der Waals surface area contributed by atoms with Crippen LogP contribution >= 0.6 is 11.8 Å². The number of methoxy groups -OCH3 is 1. The van der Waals surface area contributed by atoms with E-state index < -0.39 is 5.25 Å². The Morgan fingerprint density at radius 3 is 2.31 bits per heavy atom. The summed E-state index contributed by atoms with van der Waals surface area (Å²) in [5.41, 5.74) is 2.52. The number of carbonyl (C=O) groups is 1. The highest BCUT2D eigenvalue weighted by molar-refractivity contribution is 8.00. The quantitative estimate of drug-likeness (QED) is 0.366. The number of amides is 1. The molecule has 0 spiro atoms. The largest absolute Gasteiger partial charge is 0.496 e. The topological polar surface area (TPSA) is 69.0 Å². The molecule has 1 heterocycles. The van der Waals surface area contributed by atoms with Gasteiger partial charge in [-0.15, -0.1) is 10.2 Å². The van der Waals surface area contributed by atoms with Crippen LogP contribution in [-0.4, -0.2) is 27.8 Å². The minimum absolute atomic E-state index is 0.114. The average molecular weight is 445 g/mol. The van der Waals surface area contributed by atoms with Crippen molar-refractivity contribution >= 4 is 23.4 Å². The fraction of sp³-hybridized carbons (Fsp3) is 0.160. The fourth-order valence-electron chi connectivity index (χ4n) is 3.43. The zero-order chi connectivity index (χ0) is 22.3. The van der Waals surface area contributed by atoms with E-state index in [2.05, 4.69) is 15.5 Å². The summed E-state index contributed by atoms with van der Waals surface area (Å²) in [5.74, 6) is 1.33. The second kappa shape index (κ2) is 10.2. The van der Waals surface area contributed by atoms with Crippen molar-refractivity contribution in [3.8, 4) is 17.1 Å². The van der Waals surface area contributed by atoms with Gasteiger partial charge in [-0.3, -0.25) is 4.79 Å². The maximum Gasteiger partial charge on any atom is 0.242 e. The normalized spacial score (nSPS) is 11.7. The standard InChI is InChI=1S/C25H24N4O2S/c1-3-29-23(20-16-10-11-17-21(20)31-2)27-28-25(29)32-22(18-12-6-4-7-13-18)24(30)26-19-14-8-5-9-15-19/h4-17,22H,3H2,1-2H3,(H,26,30). The molecule has 32 heavy (non-hydrogen) atoms. The smallest absolute Gasteiger partial charge is 0.242 e. The van der Waals surface area contributed by atoms with Crippen LogP contribution in [0.25, 0.3) is 11.4 Å². The second-order valence-corrected chi connectivity index (χ2v) is 8.09. The molecule has 1 amide bonds. The van der Waals surface area contributed by atoms with Crippen molar-refractivity contribution in [2.45, 2.75) is 23.9 Å². The molecule has 0 saturated carbocycles. The van der Waals surface area contributed by atoms with Gasteiger partial charge in [0.05, 0.1) is 12.7 Å². The highest BCUT2D eigenvalue weighted by Crippen LogP contribution is 2.38. The van der Waals surface area contributed by atoms with Crippen LogP contribution in [0.1, 0.15) is 17.7 Å². The molecule has 0 radical (unpaired) electrons. The lowest BCUT2D eigenvalue weighted by Crippen LogP contribution is -2.19. The second-order valence-electron chi connectivity index (χ2n) is 7.01. The Morgan fingerprint density at radius 1 is 0.969 bits per heavy atom. The molecular weight excluding hydrogens is 420 g/mol. The molecular formula is C25H24N4O2S. The number of hydrogen-bond acceptors (Lipinski definition) is 5. The maximum absolute atomic E-state index is 13.3. The van der Waals surface area contributed by atoms with Gasteiger partial charge in [-0.1, -0.05) is 72.4 Å². The van der Waals surface area contributed by atoms with Gasteiger partial charge in [0.2, 0.25) is 5.91 Å². The van der Waals surface area contributed by atoms with E-state index >= 15 is 0 Å². The molecule has 1 unspecified atom stereocenters. The van der Waals surface area contributed by atoms with Gasteiger partial charge in [0.1, 0.15) is 11.0 Å². The number of rotatable bonds is 8. The maximum atomic E-state index is 13.3. The Labute approximate surface area is 191 Å². The third-order valence-corrected chi connectivity index (χ3v) is 6.22. The first-order valence-corrected chi connectivity index (χ1v) is 11.2. The van der Waals surface area contributed by atoms with Crippen molar-refractivity contribution < 1.29 is 9.53 Å². The molecule has 4 aromatic rings. The number of nitrogens with zero attached hydrogens (tertiary/aromatic N) is 3. The zero-order valence-corrected chi connectivity index (χ0v) is 18.8. The first kappa shape index (κ1) is 21.6. The number of aromatic nitrogens is 3. The molecule has 7 heteroatoms. The summed E-state index contributed by atoms with van der Waals surface area (Å²) in [5, 5.41) is 12.1. The number of anilines is 1. The van der Waals surface area contributed by atoms with Crippen LogP contribution in [-0.2, 0) is 11.3 Å². The van der Waals surface area contributed by atoms with Gasteiger partial charge >= 0.3 is 0 Å². The summed E-state index contributed by atoms with van der Waals surface area (Å²) < 4.78 is 7.52. The van der Waals surface area contributed by atoms with Gasteiger partial charge in [-0.05, 0) is 36.8 Å². The van der Waals surface area contributed by atoms with Crippen LogP contribution in [0.3, 0.4) is 0 Å². The van der Waals surface area contributed by atoms with Crippen molar-refractivity contribution in [2.75, 3.05) is 12.4 Å². The summed E-state index contributed by atoms with van der Waals surface area (Å²) >= 11 is 1.39. The van der Waals surface area contributed by atoms with Gasteiger partial charge in [0.15, 0.2) is 11.0 Å². The zero-order valence-electron chi connectivity index (χ0n) is 17.9. The van der Waals surface area contributed by atoms with Gasteiger partial charge in [0, 0.05) is 12.2 Å². The van der Waals surface area contributed by atoms with Crippen LogP contribution in [0.4, 0.5) is 5.69 Å². The minimum Gasteiger partial charge on any atom is -0.496 e. The summed E-state index contributed by atoms with van der Waals surface area (Å²) in [6.45, 7) is 2.69. The molecule has 1 N–H and O–H groups in total. The summed E-state index contributed by atoms with van der Waals surface area (Å²) in [4.78, 5) is 13.3. The van der Waals surface area contributed by atoms with Crippen LogP contribution < -0.4 is 10.1 Å². The average Bonchev–Trinajstić information content (AvgIpc) is 3.26. The van der Waals surface area contributed by atoms with Crippen LogP contribution in [0.2, 0.25) is 0 Å². The fourth-order valence-corrected chi connectivity index (χ4v) is 4.53. The Kier molecular flexibility index (Phi) is 6.87. The van der Waals surface area contributed by atoms with Crippen LogP contribution in [0.15, 0.2) is 90.1 Å². The lowest BCUT2D eigenvalue weighted by atomic mass is 10.1. The molecule has 0 aliphatic heterocycles. The van der Waals surface area contributed by atoms with Gasteiger partial charge in [-0.25, -0.2) is 0 Å². The van der Waals surface area contributed by atoms with Gasteiger partial charge in [-0.2, -0.15) is 0 Å². The van der Waals surface area contributed by atoms with E-state index in [-0.39, 0.29) is 5.91 Å². The first-order chi connectivity index (χ1) is 15.7. The molecule has 0 aliphatic carbocycles. The van der Waals surface area contributed by atoms with Crippen molar-refractivity contribution in [1.29, 1.82) is 0 Å². The lowest BCUT2D eigenvalue weighted by Gasteiger charge is -2.17. The van der Waals surface area contributed by atoms with E-state index in [4.69, 9.17) is 4.74 Å². The van der Waals surface area contributed by atoms with E-state index in [0.29, 0.717) is 17.5 Å². The number of hydrogen-bond donors (Lipinski definition) is 1. The number of carbonyl (C=O) groups excluding carboxylic acids is 1. The highest BCUT2D eigenvalue weighted by Gasteiger charge is 2.26. The van der Waals surface area contributed by atoms with E-state index in [9.17, 15) is 4.79 Å². The Balaban J connectivity index is 1.68. The van der Waals surface area contributed by atoms with Crippen LogP contribution in [0, 0.1) is 0 Å². The molecule has 162 valence electrons. The number of benzene rings is 3. The first-order valence-electron chi connectivity index (χ1n) is 10.4. The van der Waals surface area contributed by atoms with E-state index in [0.717, 1.165) is 22.6 Å². The van der Waals surface area contributed by atoms with Crippen molar-refractivity contribution in [3.63, 3.8) is 0 Å². The third-order valence-electron chi connectivity index (χ3n) is 4.99. The molecule has 4 rings (SSSR count). The van der Waals surface area contributed by atoms with Crippen LogP contribution in [0.5, 0.6) is 5.75 Å². The van der Waals surface area contributed by atoms with E-state index in [1.54, 1.807) is 7.11 Å². The number of para-hydroxylation sites is 2. The Hall–Kier alpha value is -3.58. The van der Waals surface area contributed by atoms with E-state index in [1.165, 1.54) is 11.8 Å². The minimum atomic E-state index is -0.489. The summed E-state index contributed by atoms with van der Waals surface area (Å²) in [6, 6.07) is 26.9. The Morgan fingerprint density at radius 2 is 1.62 bits per heavy atom. The van der Waals surface area contributed by atoms with Crippen molar-refractivity contribution in [2.24, 2.45) is 0 Å². The molecule has 1 aromatic heterocycles. The molecule has 0 bridgehead atoms. The predicted octanol–water partition coefficient (Wildman–Crippen LogP) is 5.45. The Bertz CT molecular complexity index is 1180. The molecule has 3 aromatic carbocycles. The van der Waals surface area contributed by atoms with Crippen molar-refractivity contribution in [3.05, 3.63) is 90.5 Å². The van der Waals surface area contributed by atoms with Gasteiger partial charge in [0.25, 0.3) is 0 Å². The molecule has 0 saturated heterocycles. The number of nitrogens with one attached hydrogen (secondary N) is 1. The monoisotopic (exact) mass is 444 g/mol. The predicted molar refractivity (Wildman–Crippen MR) is 128 cm³/mol. The molecule has 6 nitrogen and oxygen atoms in total. The lowest BCUT2D eigenvalue weighted by molar-refractivity contribution is -0.115. The molecule has 1 atom stereocenters. The summed E-state index contributed by atoms with van der Waals surface area (Å²) in [6.07, 6.45) is 0.